The van der Waals surface area contributed by atoms with Gasteiger partial charge in [-0.15, -0.1) is 0 Å². The standard InChI is InChI=1S/C15H25N3O2/c1-4-5-12-17-14(20-18-12)7-6-13(19)16-11-8-9-15(2,3)10-11/h11H,4-10H2,1-3H3,(H,16,19). The zero-order valence-electron chi connectivity index (χ0n) is 12.7. The van der Waals surface area contributed by atoms with Crippen molar-refractivity contribution in [2.45, 2.75) is 71.8 Å². The number of rotatable bonds is 6. The van der Waals surface area contributed by atoms with E-state index in [4.69, 9.17) is 4.52 Å². The topological polar surface area (TPSA) is 68.0 Å². The molecule has 1 aromatic rings. The lowest BCUT2D eigenvalue weighted by atomic mass is 9.92. The number of hydrogen-bond donors (Lipinski definition) is 1. The van der Waals surface area contributed by atoms with Gasteiger partial charge in [0.1, 0.15) is 0 Å². The van der Waals surface area contributed by atoms with Crippen LogP contribution < -0.4 is 5.32 Å². The van der Waals surface area contributed by atoms with E-state index in [9.17, 15) is 4.79 Å². The number of carbonyl (C=O) groups excluding carboxylic acids is 1. The maximum absolute atomic E-state index is 11.9. The average molecular weight is 279 g/mol. The molecule has 1 amide bonds. The summed E-state index contributed by atoms with van der Waals surface area (Å²) in [5.74, 6) is 1.39. The zero-order chi connectivity index (χ0) is 14.6. The molecule has 0 saturated heterocycles. The summed E-state index contributed by atoms with van der Waals surface area (Å²) in [5.41, 5.74) is 0.361. The summed E-state index contributed by atoms with van der Waals surface area (Å²) in [4.78, 5) is 16.2. The summed E-state index contributed by atoms with van der Waals surface area (Å²) >= 11 is 0. The first-order valence-electron chi connectivity index (χ1n) is 7.59. The summed E-state index contributed by atoms with van der Waals surface area (Å²) < 4.78 is 5.13. The van der Waals surface area contributed by atoms with Crippen molar-refractivity contribution in [1.29, 1.82) is 0 Å². The van der Waals surface area contributed by atoms with Crippen LogP contribution in [-0.2, 0) is 17.6 Å². The van der Waals surface area contributed by atoms with Crippen LogP contribution in [-0.4, -0.2) is 22.1 Å². The molecule has 1 atom stereocenters. The smallest absolute Gasteiger partial charge is 0.227 e. The molecular formula is C15H25N3O2. The van der Waals surface area contributed by atoms with E-state index in [0.717, 1.165) is 31.5 Å². The van der Waals surface area contributed by atoms with Crippen molar-refractivity contribution in [1.82, 2.24) is 15.5 Å². The number of aromatic nitrogens is 2. The van der Waals surface area contributed by atoms with Crippen LogP contribution in [0.2, 0.25) is 0 Å². The molecule has 1 fully saturated rings. The normalized spacial score (nSPS) is 21.1. The number of nitrogens with one attached hydrogen (secondary N) is 1. The molecule has 1 unspecified atom stereocenters. The van der Waals surface area contributed by atoms with Gasteiger partial charge in [-0.05, 0) is 31.1 Å². The maximum atomic E-state index is 11.9. The van der Waals surface area contributed by atoms with Crippen LogP contribution in [0.5, 0.6) is 0 Å². The van der Waals surface area contributed by atoms with Crippen molar-refractivity contribution in [2.24, 2.45) is 5.41 Å². The fourth-order valence-corrected chi connectivity index (χ4v) is 2.80. The first-order chi connectivity index (χ1) is 9.48. The molecule has 112 valence electrons. The average Bonchev–Trinajstić information content (AvgIpc) is 2.94. The van der Waals surface area contributed by atoms with E-state index in [1.165, 1.54) is 6.42 Å². The quantitative estimate of drug-likeness (QED) is 0.869. The third-order valence-corrected chi connectivity index (χ3v) is 3.88. The molecule has 1 aliphatic rings. The number of amides is 1. The van der Waals surface area contributed by atoms with Gasteiger partial charge in [0.25, 0.3) is 0 Å². The molecule has 2 rings (SSSR count). The van der Waals surface area contributed by atoms with Crippen LogP contribution in [0.1, 0.15) is 64.6 Å². The number of carbonyl (C=O) groups is 1. The Hall–Kier alpha value is -1.39. The van der Waals surface area contributed by atoms with Gasteiger partial charge < -0.3 is 9.84 Å². The van der Waals surface area contributed by atoms with Crippen LogP contribution in [0.4, 0.5) is 0 Å². The van der Waals surface area contributed by atoms with Gasteiger partial charge in [0.15, 0.2) is 5.82 Å². The SMILES string of the molecule is CCCc1noc(CCC(=O)NC2CCC(C)(C)C2)n1. The first-order valence-corrected chi connectivity index (χ1v) is 7.59. The summed E-state index contributed by atoms with van der Waals surface area (Å²) in [5, 5.41) is 7.00. The third-order valence-electron chi connectivity index (χ3n) is 3.88. The molecule has 5 nitrogen and oxygen atoms in total. The van der Waals surface area contributed by atoms with E-state index in [1.807, 2.05) is 0 Å². The molecule has 0 aliphatic heterocycles. The summed E-state index contributed by atoms with van der Waals surface area (Å²) in [6.45, 7) is 6.59. The fourth-order valence-electron chi connectivity index (χ4n) is 2.80. The largest absolute Gasteiger partial charge is 0.353 e. The van der Waals surface area contributed by atoms with Gasteiger partial charge in [-0.3, -0.25) is 4.79 Å². The van der Waals surface area contributed by atoms with Crippen LogP contribution in [0.25, 0.3) is 0 Å². The summed E-state index contributed by atoms with van der Waals surface area (Å²) in [6.07, 6.45) is 6.11. The molecule has 0 aromatic carbocycles. The minimum absolute atomic E-state index is 0.0861. The second-order valence-electron chi connectivity index (χ2n) is 6.53. The van der Waals surface area contributed by atoms with Crippen LogP contribution in [0.15, 0.2) is 4.52 Å². The molecule has 1 aromatic heterocycles. The van der Waals surface area contributed by atoms with Gasteiger partial charge in [0.05, 0.1) is 0 Å². The molecule has 1 N–H and O–H groups in total. The Morgan fingerprint density at radius 2 is 2.25 bits per heavy atom. The molecule has 1 saturated carbocycles. The summed E-state index contributed by atoms with van der Waals surface area (Å²) in [7, 11) is 0. The highest BCUT2D eigenvalue weighted by Crippen LogP contribution is 2.36. The minimum atomic E-state index is 0.0861. The molecule has 0 radical (unpaired) electrons. The second-order valence-corrected chi connectivity index (χ2v) is 6.53. The lowest BCUT2D eigenvalue weighted by Crippen LogP contribution is -2.33. The van der Waals surface area contributed by atoms with Crippen LogP contribution in [0.3, 0.4) is 0 Å². The van der Waals surface area contributed by atoms with Gasteiger partial charge >= 0.3 is 0 Å². The van der Waals surface area contributed by atoms with E-state index in [-0.39, 0.29) is 5.91 Å². The number of nitrogens with zero attached hydrogens (tertiary/aromatic N) is 2. The third kappa shape index (κ3) is 4.32. The van der Waals surface area contributed by atoms with E-state index in [1.54, 1.807) is 0 Å². The highest BCUT2D eigenvalue weighted by atomic mass is 16.5. The number of aryl methyl sites for hydroxylation is 2. The predicted octanol–water partition coefficient (Wildman–Crippen LogP) is 2.65. The second kappa shape index (κ2) is 6.37. The van der Waals surface area contributed by atoms with Gasteiger partial charge in [-0.1, -0.05) is 25.9 Å². The van der Waals surface area contributed by atoms with E-state index >= 15 is 0 Å². The highest BCUT2D eigenvalue weighted by molar-refractivity contribution is 5.76. The Kier molecular flexibility index (Phi) is 4.78. The lowest BCUT2D eigenvalue weighted by Gasteiger charge is -2.17. The van der Waals surface area contributed by atoms with Crippen molar-refractivity contribution < 1.29 is 9.32 Å². The molecule has 1 heterocycles. The van der Waals surface area contributed by atoms with Crippen molar-refractivity contribution in [3.8, 4) is 0 Å². The monoisotopic (exact) mass is 279 g/mol. The Balaban J connectivity index is 1.72. The molecule has 0 spiro atoms. The van der Waals surface area contributed by atoms with Crippen molar-refractivity contribution >= 4 is 5.91 Å². The van der Waals surface area contributed by atoms with Crippen molar-refractivity contribution in [2.75, 3.05) is 0 Å². The molecule has 1 aliphatic carbocycles. The Labute approximate surface area is 120 Å². The van der Waals surface area contributed by atoms with E-state index < -0.39 is 0 Å². The summed E-state index contributed by atoms with van der Waals surface area (Å²) in [6, 6.07) is 0.329. The predicted molar refractivity (Wildman–Crippen MR) is 76.2 cm³/mol. The molecule has 20 heavy (non-hydrogen) atoms. The Morgan fingerprint density at radius 1 is 1.45 bits per heavy atom. The Morgan fingerprint density at radius 3 is 2.90 bits per heavy atom. The fraction of sp³-hybridized carbons (Fsp3) is 0.800. The van der Waals surface area contributed by atoms with E-state index in [2.05, 4.69) is 36.2 Å². The highest BCUT2D eigenvalue weighted by Gasteiger charge is 2.31. The van der Waals surface area contributed by atoms with Crippen molar-refractivity contribution in [3.05, 3.63) is 11.7 Å². The lowest BCUT2D eigenvalue weighted by molar-refractivity contribution is -0.121. The first kappa shape index (κ1) is 15.0. The van der Waals surface area contributed by atoms with Crippen LogP contribution >= 0.6 is 0 Å². The van der Waals surface area contributed by atoms with Gasteiger partial charge in [-0.2, -0.15) is 4.98 Å². The molecular weight excluding hydrogens is 254 g/mol. The van der Waals surface area contributed by atoms with Gasteiger partial charge in [-0.25, -0.2) is 0 Å². The minimum Gasteiger partial charge on any atom is -0.353 e. The Bertz CT molecular complexity index is 454. The van der Waals surface area contributed by atoms with Crippen molar-refractivity contribution in [3.63, 3.8) is 0 Å². The van der Waals surface area contributed by atoms with Gasteiger partial charge in [0, 0.05) is 25.3 Å². The number of hydrogen-bond acceptors (Lipinski definition) is 4. The van der Waals surface area contributed by atoms with Gasteiger partial charge in [0.2, 0.25) is 11.8 Å². The maximum Gasteiger partial charge on any atom is 0.227 e. The molecule has 5 heteroatoms. The molecule has 0 bridgehead atoms. The van der Waals surface area contributed by atoms with Crippen LogP contribution in [0, 0.1) is 5.41 Å². The zero-order valence-corrected chi connectivity index (χ0v) is 12.7. The van der Waals surface area contributed by atoms with E-state index in [0.29, 0.717) is 30.2 Å².